The molecule has 2 N–H and O–H groups in total. The van der Waals surface area contributed by atoms with Gasteiger partial charge in [0, 0.05) is 24.5 Å². The van der Waals surface area contributed by atoms with Gasteiger partial charge in [-0.15, -0.1) is 0 Å². The molecule has 1 aromatic heterocycles. The van der Waals surface area contributed by atoms with Gasteiger partial charge in [-0.2, -0.15) is 18.2 Å². The van der Waals surface area contributed by atoms with E-state index in [4.69, 9.17) is 9.47 Å². The number of methoxy groups -OCH3 is 1. The van der Waals surface area contributed by atoms with Crippen LogP contribution in [0.3, 0.4) is 0 Å². The standard InChI is InChI=1S/C22H26N4O6S/c1-22(2,3)32-21(28)25-33(29,30)23-13-14-6-8-15(9-7-14)19-17-11-10-16(31-5)12-18(17)20(27)26(4)24-19/h6-12,23H,13H2,1-5H3,(H,25,28). The third kappa shape index (κ3) is 6.08. The van der Waals surface area contributed by atoms with Crippen LogP contribution in [-0.4, -0.2) is 37.0 Å². The van der Waals surface area contributed by atoms with Gasteiger partial charge in [-0.25, -0.2) is 14.2 Å². The topological polar surface area (TPSA) is 129 Å². The van der Waals surface area contributed by atoms with E-state index in [1.165, 1.54) is 11.8 Å². The molecule has 3 rings (SSSR count). The predicted octanol–water partition coefficient (Wildman–Crippen LogP) is 2.47. The number of rotatable bonds is 6. The number of amides is 1. The van der Waals surface area contributed by atoms with E-state index in [-0.39, 0.29) is 12.1 Å². The Morgan fingerprint density at radius 1 is 1.09 bits per heavy atom. The van der Waals surface area contributed by atoms with Crippen molar-refractivity contribution in [2.45, 2.75) is 32.9 Å². The van der Waals surface area contributed by atoms with E-state index in [1.54, 1.807) is 70.3 Å². The second kappa shape index (κ2) is 9.20. The zero-order valence-electron chi connectivity index (χ0n) is 19.0. The van der Waals surface area contributed by atoms with E-state index in [9.17, 15) is 18.0 Å². The van der Waals surface area contributed by atoms with Crippen molar-refractivity contribution < 1.29 is 22.7 Å². The van der Waals surface area contributed by atoms with Crippen LogP contribution in [0, 0.1) is 0 Å². The van der Waals surface area contributed by atoms with Gasteiger partial charge in [0.15, 0.2) is 0 Å². The highest BCUT2D eigenvalue weighted by Crippen LogP contribution is 2.27. The summed E-state index contributed by atoms with van der Waals surface area (Å²) in [5, 5.41) is 5.55. The largest absolute Gasteiger partial charge is 0.497 e. The Morgan fingerprint density at radius 2 is 1.76 bits per heavy atom. The SMILES string of the molecule is COc1ccc2c(-c3ccc(CNS(=O)(=O)NC(=O)OC(C)(C)C)cc3)nn(C)c(=O)c2c1. The summed E-state index contributed by atoms with van der Waals surface area (Å²) in [4.78, 5) is 24.2. The second-order valence-corrected chi connectivity index (χ2v) is 9.81. The van der Waals surface area contributed by atoms with Gasteiger partial charge < -0.3 is 9.47 Å². The number of hydrogen-bond acceptors (Lipinski definition) is 7. The van der Waals surface area contributed by atoms with Crippen molar-refractivity contribution in [1.82, 2.24) is 19.2 Å². The Kier molecular flexibility index (Phi) is 6.75. The fraction of sp³-hybridized carbons (Fsp3) is 0.318. The number of ether oxygens (including phenoxy) is 2. The van der Waals surface area contributed by atoms with Crippen molar-refractivity contribution in [2.24, 2.45) is 7.05 Å². The molecule has 0 aliphatic carbocycles. The molecule has 0 bridgehead atoms. The molecule has 3 aromatic rings. The average Bonchev–Trinajstić information content (AvgIpc) is 2.73. The molecule has 0 saturated heterocycles. The van der Waals surface area contributed by atoms with Gasteiger partial charge in [0.2, 0.25) is 0 Å². The Balaban J connectivity index is 1.78. The van der Waals surface area contributed by atoms with Crippen LogP contribution >= 0.6 is 0 Å². The number of aromatic nitrogens is 2. The van der Waals surface area contributed by atoms with Crippen molar-refractivity contribution in [3.63, 3.8) is 0 Å². The van der Waals surface area contributed by atoms with E-state index in [2.05, 4.69) is 9.82 Å². The van der Waals surface area contributed by atoms with E-state index >= 15 is 0 Å². The summed E-state index contributed by atoms with van der Waals surface area (Å²) in [5.74, 6) is 0.569. The van der Waals surface area contributed by atoms with Gasteiger partial charge in [0.05, 0.1) is 18.2 Å². The lowest BCUT2D eigenvalue weighted by Crippen LogP contribution is -2.42. The summed E-state index contributed by atoms with van der Waals surface area (Å²) in [6, 6.07) is 12.2. The Morgan fingerprint density at radius 3 is 2.36 bits per heavy atom. The quantitative estimate of drug-likeness (QED) is 0.561. The minimum atomic E-state index is -4.10. The smallest absolute Gasteiger partial charge is 0.422 e. The highest BCUT2D eigenvalue weighted by atomic mass is 32.2. The third-order valence-corrected chi connectivity index (χ3v) is 5.53. The van der Waals surface area contributed by atoms with Gasteiger partial charge >= 0.3 is 16.3 Å². The number of nitrogens with one attached hydrogen (secondary N) is 2. The van der Waals surface area contributed by atoms with Crippen molar-refractivity contribution >= 4 is 27.1 Å². The second-order valence-electron chi connectivity index (χ2n) is 8.31. The number of carbonyl (C=O) groups excluding carboxylic acids is 1. The van der Waals surface area contributed by atoms with Crippen LogP contribution in [0.15, 0.2) is 47.3 Å². The fourth-order valence-electron chi connectivity index (χ4n) is 3.07. The monoisotopic (exact) mass is 474 g/mol. The van der Waals surface area contributed by atoms with Gasteiger partial charge in [0.25, 0.3) is 5.56 Å². The first kappa shape index (κ1) is 24.2. The highest BCUT2D eigenvalue weighted by Gasteiger charge is 2.21. The van der Waals surface area contributed by atoms with Crippen LogP contribution in [0.4, 0.5) is 4.79 Å². The van der Waals surface area contributed by atoms with Crippen LogP contribution < -0.4 is 19.7 Å². The molecular weight excluding hydrogens is 448 g/mol. The maximum absolute atomic E-state index is 12.5. The Labute approximate surface area is 191 Å². The van der Waals surface area contributed by atoms with Crippen molar-refractivity contribution in [3.05, 3.63) is 58.4 Å². The summed E-state index contributed by atoms with van der Waals surface area (Å²) in [6.07, 6.45) is -1.06. The van der Waals surface area contributed by atoms with Crippen LogP contribution in [0.1, 0.15) is 26.3 Å². The number of aryl methyl sites for hydroxylation is 1. The molecule has 0 unspecified atom stereocenters. The lowest BCUT2D eigenvalue weighted by Gasteiger charge is -2.19. The molecule has 33 heavy (non-hydrogen) atoms. The minimum absolute atomic E-state index is 0.0446. The number of benzene rings is 2. The molecule has 0 spiro atoms. The van der Waals surface area contributed by atoms with Gasteiger partial charge in [0.1, 0.15) is 11.4 Å². The minimum Gasteiger partial charge on any atom is -0.497 e. The average molecular weight is 475 g/mol. The molecule has 176 valence electrons. The lowest BCUT2D eigenvalue weighted by atomic mass is 10.0. The van der Waals surface area contributed by atoms with E-state index in [1.807, 2.05) is 4.72 Å². The zero-order valence-corrected chi connectivity index (χ0v) is 19.8. The molecule has 0 atom stereocenters. The highest BCUT2D eigenvalue weighted by molar-refractivity contribution is 7.88. The lowest BCUT2D eigenvalue weighted by molar-refractivity contribution is 0.0569. The predicted molar refractivity (Wildman–Crippen MR) is 124 cm³/mol. The molecule has 10 nitrogen and oxygen atoms in total. The molecule has 0 radical (unpaired) electrons. The number of nitrogens with zero attached hydrogens (tertiary/aromatic N) is 2. The van der Waals surface area contributed by atoms with Crippen molar-refractivity contribution in [1.29, 1.82) is 0 Å². The first-order valence-corrected chi connectivity index (χ1v) is 11.5. The molecule has 0 aliphatic rings. The first-order valence-electron chi connectivity index (χ1n) is 10.0. The van der Waals surface area contributed by atoms with E-state index in [0.717, 1.165) is 5.56 Å². The number of fused-ring (bicyclic) bond motifs is 1. The van der Waals surface area contributed by atoms with Gasteiger partial charge in [-0.05, 0) is 44.5 Å². The fourth-order valence-corrected chi connectivity index (χ4v) is 3.76. The summed E-state index contributed by atoms with van der Waals surface area (Å²) in [7, 11) is -0.990. The summed E-state index contributed by atoms with van der Waals surface area (Å²) < 4.78 is 39.7. The molecule has 0 aliphatic heterocycles. The zero-order chi connectivity index (χ0) is 24.4. The Hall–Kier alpha value is -3.44. The molecular formula is C22H26N4O6S. The summed E-state index contributed by atoms with van der Waals surface area (Å²) >= 11 is 0. The van der Waals surface area contributed by atoms with Crippen LogP contribution in [-0.2, 0) is 28.5 Å². The number of carbonyl (C=O) groups is 1. The van der Waals surface area contributed by atoms with Crippen LogP contribution in [0.2, 0.25) is 0 Å². The van der Waals surface area contributed by atoms with Crippen LogP contribution in [0.25, 0.3) is 22.0 Å². The molecule has 0 saturated carbocycles. The molecule has 11 heteroatoms. The van der Waals surface area contributed by atoms with Crippen LogP contribution in [0.5, 0.6) is 5.75 Å². The normalized spacial score (nSPS) is 11.9. The van der Waals surface area contributed by atoms with Crippen molar-refractivity contribution in [2.75, 3.05) is 7.11 Å². The molecule has 1 amide bonds. The maximum Gasteiger partial charge on any atom is 0.422 e. The number of hydrogen-bond donors (Lipinski definition) is 2. The molecule has 2 aromatic carbocycles. The first-order chi connectivity index (χ1) is 15.4. The van der Waals surface area contributed by atoms with Gasteiger partial charge in [-0.3, -0.25) is 4.79 Å². The molecule has 0 fully saturated rings. The van der Waals surface area contributed by atoms with Gasteiger partial charge in [-0.1, -0.05) is 24.3 Å². The summed E-state index contributed by atoms with van der Waals surface area (Å²) in [6.45, 7) is 4.85. The van der Waals surface area contributed by atoms with Crippen molar-refractivity contribution in [3.8, 4) is 17.0 Å². The third-order valence-electron chi connectivity index (χ3n) is 4.57. The Bertz CT molecular complexity index is 1340. The van der Waals surface area contributed by atoms with E-state index < -0.39 is 21.9 Å². The molecule has 1 heterocycles. The summed E-state index contributed by atoms with van der Waals surface area (Å²) in [5.41, 5.74) is 0.952. The van der Waals surface area contributed by atoms with E-state index in [0.29, 0.717) is 27.8 Å². The maximum atomic E-state index is 12.5.